The molecule has 5 unspecified atom stereocenters. The molecule has 194 valence electrons. The lowest BCUT2D eigenvalue weighted by molar-refractivity contribution is -0.104. The molecule has 0 aromatic heterocycles. The zero-order valence-corrected chi connectivity index (χ0v) is 20.9. The van der Waals surface area contributed by atoms with Crippen LogP contribution in [0.1, 0.15) is 20.3 Å². The quantitative estimate of drug-likeness (QED) is 0.167. The predicted octanol–water partition coefficient (Wildman–Crippen LogP) is -0.966. The summed E-state index contributed by atoms with van der Waals surface area (Å²) in [5.41, 5.74) is 0. The summed E-state index contributed by atoms with van der Waals surface area (Å²) in [5, 5.41) is 39.8. The maximum atomic E-state index is 10.0. The molecule has 0 aromatic rings. The third-order valence-corrected chi connectivity index (χ3v) is 4.27. The van der Waals surface area contributed by atoms with Crippen LogP contribution in [0.3, 0.4) is 0 Å². The van der Waals surface area contributed by atoms with E-state index in [1.807, 2.05) is 51.8 Å². The fraction of sp³-hybridized carbons (Fsp3) is 1.00. The molecular weight excluding hydrogens is 420 g/mol. The van der Waals surface area contributed by atoms with E-state index in [4.69, 9.17) is 18.9 Å². The van der Waals surface area contributed by atoms with Gasteiger partial charge in [0.1, 0.15) is 12.2 Å². The van der Waals surface area contributed by atoms with E-state index in [9.17, 15) is 20.4 Å². The third kappa shape index (κ3) is 20.2. The predicted molar refractivity (Wildman–Crippen MR) is 123 cm³/mol. The number of hydrogen-bond acceptors (Lipinski definition) is 10. The Bertz CT molecular complexity index is 429. The Balaban J connectivity index is 4.30. The standard InChI is InChI=1S/C22H48N2O8/c1-17(2)7-18(25)10-30-15-22(32-14-20(27)9-24(5)6)16-31-13-21(28)12-29-11-19(26)8-23(3)4/h17-22,25-28H,7-16H2,1-6H3. The van der Waals surface area contributed by atoms with E-state index in [1.54, 1.807) is 0 Å². The van der Waals surface area contributed by atoms with Crippen molar-refractivity contribution in [2.24, 2.45) is 5.92 Å². The molecule has 0 rings (SSSR count). The highest BCUT2D eigenvalue weighted by Gasteiger charge is 2.17. The molecule has 0 aromatic carbocycles. The molecule has 0 fully saturated rings. The second-order valence-electron chi connectivity index (χ2n) is 9.34. The highest BCUT2D eigenvalue weighted by atomic mass is 16.6. The van der Waals surface area contributed by atoms with E-state index >= 15 is 0 Å². The van der Waals surface area contributed by atoms with Crippen LogP contribution in [0.15, 0.2) is 0 Å². The maximum Gasteiger partial charge on any atom is 0.104 e. The van der Waals surface area contributed by atoms with Crippen LogP contribution in [-0.2, 0) is 18.9 Å². The van der Waals surface area contributed by atoms with Crippen molar-refractivity contribution < 1.29 is 39.4 Å². The average Bonchev–Trinajstić information content (AvgIpc) is 2.63. The summed E-state index contributed by atoms with van der Waals surface area (Å²) in [4.78, 5) is 3.72. The fourth-order valence-corrected chi connectivity index (χ4v) is 3.01. The SMILES string of the molecule is CC(C)CC(O)COCC(COCC(O)COCC(O)CN(C)C)OCC(O)CN(C)C. The Labute approximate surface area is 194 Å². The van der Waals surface area contributed by atoms with Crippen molar-refractivity contribution in [1.29, 1.82) is 0 Å². The van der Waals surface area contributed by atoms with E-state index in [2.05, 4.69) is 0 Å². The Morgan fingerprint density at radius 3 is 1.44 bits per heavy atom. The second kappa shape index (κ2) is 19.0. The topological polar surface area (TPSA) is 124 Å². The van der Waals surface area contributed by atoms with Crippen LogP contribution in [0.4, 0.5) is 0 Å². The first-order valence-corrected chi connectivity index (χ1v) is 11.4. The Hall–Kier alpha value is -0.400. The minimum absolute atomic E-state index is 0.0415. The summed E-state index contributed by atoms with van der Waals surface area (Å²) >= 11 is 0. The van der Waals surface area contributed by atoms with Gasteiger partial charge in [0.25, 0.3) is 0 Å². The molecule has 0 aliphatic rings. The summed E-state index contributed by atoms with van der Waals surface area (Å²) < 4.78 is 22.2. The molecule has 0 aliphatic carbocycles. The first-order chi connectivity index (χ1) is 15.0. The lowest BCUT2D eigenvalue weighted by Crippen LogP contribution is -2.36. The van der Waals surface area contributed by atoms with Crippen LogP contribution < -0.4 is 0 Å². The summed E-state index contributed by atoms with van der Waals surface area (Å²) in [5.74, 6) is 0.373. The molecule has 0 radical (unpaired) electrons. The van der Waals surface area contributed by atoms with Crippen molar-refractivity contribution in [3.05, 3.63) is 0 Å². The lowest BCUT2D eigenvalue weighted by atomic mass is 10.1. The van der Waals surface area contributed by atoms with E-state index in [1.165, 1.54) is 0 Å². The van der Waals surface area contributed by atoms with Gasteiger partial charge in [0.05, 0.1) is 64.6 Å². The van der Waals surface area contributed by atoms with E-state index in [0.717, 1.165) is 0 Å². The van der Waals surface area contributed by atoms with Crippen molar-refractivity contribution >= 4 is 0 Å². The summed E-state index contributed by atoms with van der Waals surface area (Å²) in [6.45, 7) is 5.94. The fourth-order valence-electron chi connectivity index (χ4n) is 3.01. The number of likely N-dealkylation sites (N-methyl/N-ethyl adjacent to an activating group) is 2. The van der Waals surface area contributed by atoms with Crippen LogP contribution in [0.25, 0.3) is 0 Å². The van der Waals surface area contributed by atoms with Gasteiger partial charge in [-0.1, -0.05) is 13.8 Å². The number of nitrogens with zero attached hydrogens (tertiary/aromatic N) is 2. The average molecular weight is 469 g/mol. The van der Waals surface area contributed by atoms with Crippen molar-refractivity contribution in [2.45, 2.75) is 50.8 Å². The van der Waals surface area contributed by atoms with Crippen LogP contribution >= 0.6 is 0 Å². The van der Waals surface area contributed by atoms with Crippen LogP contribution in [0.2, 0.25) is 0 Å². The number of aliphatic hydroxyl groups excluding tert-OH is 4. The second-order valence-corrected chi connectivity index (χ2v) is 9.34. The first kappa shape index (κ1) is 31.6. The van der Waals surface area contributed by atoms with Gasteiger partial charge in [-0.05, 0) is 40.5 Å². The molecule has 5 atom stereocenters. The van der Waals surface area contributed by atoms with Crippen molar-refractivity contribution in [3.63, 3.8) is 0 Å². The molecule has 0 bridgehead atoms. The molecule has 0 amide bonds. The highest BCUT2D eigenvalue weighted by Crippen LogP contribution is 2.06. The van der Waals surface area contributed by atoms with E-state index in [-0.39, 0.29) is 46.2 Å². The van der Waals surface area contributed by atoms with Gasteiger partial charge in [-0.15, -0.1) is 0 Å². The summed E-state index contributed by atoms with van der Waals surface area (Å²) in [7, 11) is 7.45. The van der Waals surface area contributed by atoms with Gasteiger partial charge in [0.2, 0.25) is 0 Å². The molecular formula is C22H48N2O8. The molecule has 0 heterocycles. The van der Waals surface area contributed by atoms with Crippen molar-refractivity contribution in [3.8, 4) is 0 Å². The first-order valence-electron chi connectivity index (χ1n) is 11.4. The Morgan fingerprint density at radius 2 is 0.969 bits per heavy atom. The maximum absolute atomic E-state index is 10.0. The number of hydrogen-bond donors (Lipinski definition) is 4. The molecule has 10 heteroatoms. The normalized spacial score (nSPS) is 17.2. The molecule has 0 saturated carbocycles. The minimum atomic E-state index is -0.838. The molecule has 32 heavy (non-hydrogen) atoms. The number of ether oxygens (including phenoxy) is 4. The molecule has 10 nitrogen and oxygen atoms in total. The Kier molecular flexibility index (Phi) is 18.7. The van der Waals surface area contributed by atoms with Gasteiger partial charge < -0.3 is 49.2 Å². The number of aliphatic hydroxyl groups is 4. The zero-order chi connectivity index (χ0) is 24.5. The van der Waals surface area contributed by atoms with Crippen molar-refractivity contribution in [1.82, 2.24) is 9.80 Å². The Morgan fingerprint density at radius 1 is 0.562 bits per heavy atom. The van der Waals surface area contributed by atoms with Gasteiger partial charge in [-0.3, -0.25) is 0 Å². The van der Waals surface area contributed by atoms with E-state index < -0.39 is 30.5 Å². The van der Waals surface area contributed by atoms with Crippen LogP contribution in [0, 0.1) is 5.92 Å². The molecule has 0 saturated heterocycles. The summed E-state index contributed by atoms with van der Waals surface area (Å²) in [6.07, 6.45) is -2.45. The van der Waals surface area contributed by atoms with Crippen molar-refractivity contribution in [2.75, 3.05) is 87.5 Å². The van der Waals surface area contributed by atoms with Gasteiger partial charge >= 0.3 is 0 Å². The highest BCUT2D eigenvalue weighted by molar-refractivity contribution is 4.64. The van der Waals surface area contributed by atoms with Gasteiger partial charge in [0.15, 0.2) is 0 Å². The molecule has 0 spiro atoms. The van der Waals surface area contributed by atoms with Crippen LogP contribution in [-0.4, -0.2) is 148 Å². The third-order valence-electron chi connectivity index (χ3n) is 4.27. The van der Waals surface area contributed by atoms with Gasteiger partial charge in [-0.2, -0.15) is 0 Å². The van der Waals surface area contributed by atoms with Crippen LogP contribution in [0.5, 0.6) is 0 Å². The number of rotatable bonds is 21. The van der Waals surface area contributed by atoms with Gasteiger partial charge in [-0.25, -0.2) is 0 Å². The summed E-state index contributed by atoms with van der Waals surface area (Å²) in [6, 6.07) is 0. The largest absolute Gasteiger partial charge is 0.391 e. The lowest BCUT2D eigenvalue weighted by Gasteiger charge is -2.23. The van der Waals surface area contributed by atoms with E-state index in [0.29, 0.717) is 25.4 Å². The molecule has 0 aliphatic heterocycles. The molecule has 4 N–H and O–H groups in total. The van der Waals surface area contributed by atoms with Gasteiger partial charge in [0, 0.05) is 13.1 Å². The monoisotopic (exact) mass is 468 g/mol. The zero-order valence-electron chi connectivity index (χ0n) is 20.9. The minimum Gasteiger partial charge on any atom is -0.391 e. The smallest absolute Gasteiger partial charge is 0.104 e.